The highest BCUT2D eigenvalue weighted by atomic mass is 16.5. The number of methoxy groups -OCH3 is 2. The van der Waals surface area contributed by atoms with E-state index in [0.29, 0.717) is 0 Å². The summed E-state index contributed by atoms with van der Waals surface area (Å²) in [5.74, 6) is 1.73. The number of ether oxygens (including phenoxy) is 2. The molecule has 0 saturated carbocycles. The lowest BCUT2D eigenvalue weighted by atomic mass is 10.0. The molecule has 2 rings (SSSR count). The van der Waals surface area contributed by atoms with E-state index in [1.165, 1.54) is 5.56 Å². The number of aliphatic hydroxyl groups is 1. The maximum absolute atomic E-state index is 10.1. The number of aliphatic hydroxyl groups excluding tert-OH is 1. The van der Waals surface area contributed by atoms with Crippen molar-refractivity contribution >= 4 is 6.08 Å². The summed E-state index contributed by atoms with van der Waals surface area (Å²) >= 11 is 0. The summed E-state index contributed by atoms with van der Waals surface area (Å²) in [7, 11) is 3.33. The predicted molar refractivity (Wildman–Crippen MR) is 98.6 cm³/mol. The SMILES string of the molecule is COc1ccc(/C=C/CC[C@@H](O)CCc2ccc(OC)cc2)cc1. The Morgan fingerprint density at radius 1 is 0.875 bits per heavy atom. The smallest absolute Gasteiger partial charge is 0.118 e. The molecule has 1 atom stereocenters. The van der Waals surface area contributed by atoms with Crippen molar-refractivity contribution in [3.8, 4) is 11.5 Å². The van der Waals surface area contributed by atoms with Gasteiger partial charge in [-0.05, 0) is 61.1 Å². The summed E-state index contributed by atoms with van der Waals surface area (Å²) in [5, 5.41) is 10.1. The Morgan fingerprint density at radius 3 is 2.04 bits per heavy atom. The summed E-state index contributed by atoms with van der Waals surface area (Å²) in [6.07, 6.45) is 7.23. The predicted octanol–water partition coefficient (Wildman–Crippen LogP) is 4.49. The molecular formula is C21H26O3. The van der Waals surface area contributed by atoms with Crippen molar-refractivity contribution in [1.82, 2.24) is 0 Å². The zero-order chi connectivity index (χ0) is 17.2. The number of allylic oxidation sites excluding steroid dienone is 1. The van der Waals surface area contributed by atoms with Gasteiger partial charge in [0, 0.05) is 0 Å². The molecule has 0 spiro atoms. The van der Waals surface area contributed by atoms with Crippen LogP contribution >= 0.6 is 0 Å². The molecule has 0 aliphatic carbocycles. The molecule has 0 bridgehead atoms. The van der Waals surface area contributed by atoms with Crippen LogP contribution in [0.3, 0.4) is 0 Å². The standard InChI is InChI=1S/C21H26O3/c1-23-20-13-8-17(9-14-20)5-3-4-6-19(22)12-7-18-10-15-21(24-2)16-11-18/h3,5,8-11,13-16,19,22H,4,6-7,12H2,1-2H3/b5-3+/t19-/m1/s1. The fourth-order valence-corrected chi connectivity index (χ4v) is 2.49. The Balaban J connectivity index is 1.68. The van der Waals surface area contributed by atoms with Gasteiger partial charge in [-0.25, -0.2) is 0 Å². The van der Waals surface area contributed by atoms with Gasteiger partial charge in [-0.3, -0.25) is 0 Å². The highest BCUT2D eigenvalue weighted by Gasteiger charge is 2.04. The van der Waals surface area contributed by atoms with Crippen LogP contribution in [-0.4, -0.2) is 25.4 Å². The van der Waals surface area contributed by atoms with Gasteiger partial charge >= 0.3 is 0 Å². The lowest BCUT2D eigenvalue weighted by Crippen LogP contribution is -2.07. The van der Waals surface area contributed by atoms with Gasteiger partial charge in [0.1, 0.15) is 11.5 Å². The topological polar surface area (TPSA) is 38.7 Å². The Morgan fingerprint density at radius 2 is 1.46 bits per heavy atom. The molecule has 0 heterocycles. The minimum absolute atomic E-state index is 0.271. The molecule has 0 aliphatic heterocycles. The van der Waals surface area contributed by atoms with Crippen LogP contribution in [0.5, 0.6) is 11.5 Å². The molecule has 2 aromatic rings. The zero-order valence-electron chi connectivity index (χ0n) is 14.4. The van der Waals surface area contributed by atoms with Crippen LogP contribution in [0.2, 0.25) is 0 Å². The molecule has 128 valence electrons. The van der Waals surface area contributed by atoms with E-state index in [0.717, 1.165) is 42.7 Å². The maximum atomic E-state index is 10.1. The van der Waals surface area contributed by atoms with Gasteiger partial charge in [-0.1, -0.05) is 36.4 Å². The third-order valence-corrected chi connectivity index (χ3v) is 4.02. The van der Waals surface area contributed by atoms with Crippen molar-refractivity contribution in [3.63, 3.8) is 0 Å². The largest absolute Gasteiger partial charge is 0.497 e. The van der Waals surface area contributed by atoms with Crippen LogP contribution in [0.25, 0.3) is 6.08 Å². The molecule has 24 heavy (non-hydrogen) atoms. The summed E-state index contributed by atoms with van der Waals surface area (Å²) in [6, 6.07) is 16.0. The van der Waals surface area contributed by atoms with Crippen molar-refractivity contribution < 1.29 is 14.6 Å². The van der Waals surface area contributed by atoms with Gasteiger partial charge in [0.05, 0.1) is 20.3 Å². The summed E-state index contributed by atoms with van der Waals surface area (Å²) in [5.41, 5.74) is 2.37. The number of aryl methyl sites for hydroxylation is 1. The molecule has 2 aromatic carbocycles. The summed E-state index contributed by atoms with van der Waals surface area (Å²) in [6.45, 7) is 0. The second-order valence-corrected chi connectivity index (χ2v) is 5.79. The fourth-order valence-electron chi connectivity index (χ4n) is 2.49. The normalized spacial score (nSPS) is 12.3. The molecule has 0 amide bonds. The molecular weight excluding hydrogens is 300 g/mol. The monoisotopic (exact) mass is 326 g/mol. The van der Waals surface area contributed by atoms with Gasteiger partial charge in [0.25, 0.3) is 0 Å². The van der Waals surface area contributed by atoms with Crippen LogP contribution in [0.1, 0.15) is 30.4 Å². The first-order valence-electron chi connectivity index (χ1n) is 8.33. The van der Waals surface area contributed by atoms with E-state index < -0.39 is 0 Å². The van der Waals surface area contributed by atoms with Crippen LogP contribution in [0, 0.1) is 0 Å². The summed E-state index contributed by atoms with van der Waals surface area (Å²) < 4.78 is 10.3. The first-order valence-corrected chi connectivity index (χ1v) is 8.33. The third-order valence-electron chi connectivity index (χ3n) is 4.02. The Bertz CT molecular complexity index is 615. The van der Waals surface area contributed by atoms with E-state index >= 15 is 0 Å². The van der Waals surface area contributed by atoms with E-state index in [1.54, 1.807) is 14.2 Å². The van der Waals surface area contributed by atoms with Crippen molar-refractivity contribution in [1.29, 1.82) is 0 Å². The number of hydrogen-bond donors (Lipinski definition) is 1. The van der Waals surface area contributed by atoms with E-state index in [4.69, 9.17) is 9.47 Å². The van der Waals surface area contributed by atoms with Crippen LogP contribution in [0.4, 0.5) is 0 Å². The minimum atomic E-state index is -0.271. The van der Waals surface area contributed by atoms with Crippen LogP contribution < -0.4 is 9.47 Å². The molecule has 3 nitrogen and oxygen atoms in total. The van der Waals surface area contributed by atoms with E-state index in [2.05, 4.69) is 24.3 Å². The van der Waals surface area contributed by atoms with Crippen molar-refractivity contribution in [2.24, 2.45) is 0 Å². The second kappa shape index (κ2) is 9.78. The molecule has 1 N–H and O–H groups in total. The van der Waals surface area contributed by atoms with Crippen LogP contribution in [-0.2, 0) is 6.42 Å². The Labute approximate surface area is 144 Å². The molecule has 0 aliphatic rings. The quantitative estimate of drug-likeness (QED) is 0.738. The van der Waals surface area contributed by atoms with Gasteiger partial charge in [-0.2, -0.15) is 0 Å². The number of benzene rings is 2. The zero-order valence-corrected chi connectivity index (χ0v) is 14.4. The molecule has 0 fully saturated rings. The van der Waals surface area contributed by atoms with Crippen LogP contribution in [0.15, 0.2) is 54.6 Å². The van der Waals surface area contributed by atoms with Gasteiger partial charge in [0.2, 0.25) is 0 Å². The number of rotatable bonds is 9. The van der Waals surface area contributed by atoms with Crippen molar-refractivity contribution in [2.75, 3.05) is 14.2 Å². The van der Waals surface area contributed by atoms with E-state index in [-0.39, 0.29) is 6.10 Å². The second-order valence-electron chi connectivity index (χ2n) is 5.79. The Kier molecular flexibility index (Phi) is 7.37. The lowest BCUT2D eigenvalue weighted by Gasteiger charge is -2.09. The third kappa shape index (κ3) is 6.09. The highest BCUT2D eigenvalue weighted by Crippen LogP contribution is 2.15. The molecule has 0 aromatic heterocycles. The van der Waals surface area contributed by atoms with E-state index in [9.17, 15) is 5.11 Å². The lowest BCUT2D eigenvalue weighted by molar-refractivity contribution is 0.156. The van der Waals surface area contributed by atoms with Crippen molar-refractivity contribution in [3.05, 3.63) is 65.7 Å². The average molecular weight is 326 g/mol. The van der Waals surface area contributed by atoms with Gasteiger partial charge in [-0.15, -0.1) is 0 Å². The average Bonchev–Trinajstić information content (AvgIpc) is 2.64. The first kappa shape index (κ1) is 18.1. The highest BCUT2D eigenvalue weighted by molar-refractivity contribution is 5.50. The maximum Gasteiger partial charge on any atom is 0.118 e. The van der Waals surface area contributed by atoms with E-state index in [1.807, 2.05) is 36.4 Å². The molecule has 0 radical (unpaired) electrons. The first-order chi connectivity index (χ1) is 11.7. The summed E-state index contributed by atoms with van der Waals surface area (Å²) in [4.78, 5) is 0. The van der Waals surface area contributed by atoms with Gasteiger partial charge < -0.3 is 14.6 Å². The van der Waals surface area contributed by atoms with Crippen molar-refractivity contribution in [2.45, 2.75) is 31.8 Å². The van der Waals surface area contributed by atoms with Gasteiger partial charge in [0.15, 0.2) is 0 Å². The fraction of sp³-hybridized carbons (Fsp3) is 0.333. The molecule has 0 saturated heterocycles. The number of hydrogen-bond acceptors (Lipinski definition) is 3. The minimum Gasteiger partial charge on any atom is -0.497 e. The Hall–Kier alpha value is -2.26. The molecule has 3 heteroatoms. The molecule has 0 unspecified atom stereocenters.